The number of likely N-dealkylation sites (tertiary alicyclic amines) is 1. The highest BCUT2D eigenvalue weighted by Crippen LogP contribution is 2.43. The Morgan fingerprint density at radius 2 is 1.71 bits per heavy atom. The fourth-order valence-corrected chi connectivity index (χ4v) is 2.18. The molecule has 0 amide bonds. The molecule has 0 aliphatic carbocycles. The lowest BCUT2D eigenvalue weighted by Crippen LogP contribution is -2.34. The van der Waals surface area contributed by atoms with Gasteiger partial charge >= 0.3 is 0 Å². The van der Waals surface area contributed by atoms with E-state index in [9.17, 15) is 8.78 Å². The van der Waals surface area contributed by atoms with E-state index < -0.39 is 11.3 Å². The lowest BCUT2D eigenvalue weighted by atomic mass is 9.89. The Hall–Kier alpha value is -0.670. The smallest absolute Gasteiger partial charge is 0.266 e. The Morgan fingerprint density at radius 3 is 2.18 bits per heavy atom. The molecular weight excluding hydrogens is 244 g/mol. The minimum Gasteiger partial charge on any atom is -0.292 e. The second-order valence-electron chi connectivity index (χ2n) is 5.22. The molecule has 1 nitrogen and oxygen atoms in total. The number of benzene rings is 1. The van der Waals surface area contributed by atoms with Gasteiger partial charge in [0.15, 0.2) is 0 Å². The van der Waals surface area contributed by atoms with Crippen LogP contribution >= 0.6 is 12.4 Å². The first-order chi connectivity index (χ1) is 7.41. The van der Waals surface area contributed by atoms with Gasteiger partial charge in [-0.3, -0.25) is 4.90 Å². The third-order valence-corrected chi connectivity index (χ3v) is 3.28. The van der Waals surface area contributed by atoms with Gasteiger partial charge in [0, 0.05) is 18.5 Å². The molecule has 96 valence electrons. The van der Waals surface area contributed by atoms with Crippen LogP contribution < -0.4 is 0 Å². The Morgan fingerprint density at radius 1 is 1.12 bits per heavy atom. The van der Waals surface area contributed by atoms with Crippen molar-refractivity contribution in [3.63, 3.8) is 0 Å². The van der Waals surface area contributed by atoms with Crippen LogP contribution in [0.4, 0.5) is 8.78 Å². The zero-order valence-electron chi connectivity index (χ0n) is 10.1. The summed E-state index contributed by atoms with van der Waals surface area (Å²) in [5, 5.41) is 0. The van der Waals surface area contributed by atoms with Crippen LogP contribution in [0.1, 0.15) is 19.4 Å². The largest absolute Gasteiger partial charge is 0.292 e. The van der Waals surface area contributed by atoms with Gasteiger partial charge in [-0.15, -0.1) is 12.4 Å². The summed E-state index contributed by atoms with van der Waals surface area (Å²) in [6.45, 7) is 4.21. The summed E-state index contributed by atoms with van der Waals surface area (Å²) in [5.74, 6) is -2.58. The van der Waals surface area contributed by atoms with Crippen molar-refractivity contribution in [3.8, 4) is 0 Å². The lowest BCUT2D eigenvalue weighted by molar-refractivity contribution is -0.0669. The molecule has 0 saturated carbocycles. The van der Waals surface area contributed by atoms with E-state index in [2.05, 4.69) is 0 Å². The highest BCUT2D eigenvalue weighted by Gasteiger charge is 2.53. The molecule has 0 spiro atoms. The zero-order chi connectivity index (χ0) is 11.8. The summed E-state index contributed by atoms with van der Waals surface area (Å²) in [5.41, 5.74) is 0.179. The number of rotatable bonds is 2. The van der Waals surface area contributed by atoms with Crippen molar-refractivity contribution in [1.82, 2.24) is 4.90 Å². The summed E-state index contributed by atoms with van der Waals surface area (Å²) in [6, 6.07) is 9.77. The van der Waals surface area contributed by atoms with E-state index in [1.165, 1.54) is 0 Å². The molecule has 1 saturated heterocycles. The third kappa shape index (κ3) is 2.96. The first kappa shape index (κ1) is 14.4. The zero-order valence-corrected chi connectivity index (χ0v) is 10.9. The van der Waals surface area contributed by atoms with Crippen LogP contribution in [0.2, 0.25) is 0 Å². The number of halogens is 3. The minimum absolute atomic E-state index is 0. The Balaban J connectivity index is 0.00000144. The Labute approximate surface area is 107 Å². The molecular formula is C13H18ClF2N. The Kier molecular flexibility index (Phi) is 4.15. The molecule has 1 aromatic rings. The van der Waals surface area contributed by atoms with Crippen LogP contribution in [0.3, 0.4) is 0 Å². The van der Waals surface area contributed by atoms with E-state index in [0.29, 0.717) is 13.1 Å². The maximum absolute atomic E-state index is 13.6. The van der Waals surface area contributed by atoms with Gasteiger partial charge in [-0.05, 0) is 5.56 Å². The fourth-order valence-electron chi connectivity index (χ4n) is 2.18. The number of hydrogen-bond donors (Lipinski definition) is 0. The van der Waals surface area contributed by atoms with Crippen LogP contribution in [0.15, 0.2) is 30.3 Å². The highest BCUT2D eigenvalue weighted by molar-refractivity contribution is 5.85. The molecule has 1 fully saturated rings. The van der Waals surface area contributed by atoms with Crippen LogP contribution in [0.5, 0.6) is 0 Å². The first-order valence-electron chi connectivity index (χ1n) is 5.55. The first-order valence-corrected chi connectivity index (χ1v) is 5.55. The summed E-state index contributed by atoms with van der Waals surface area (Å²) in [6.07, 6.45) is 0. The molecule has 0 aromatic heterocycles. The quantitative estimate of drug-likeness (QED) is 0.787. The molecule has 0 bridgehead atoms. The monoisotopic (exact) mass is 261 g/mol. The highest BCUT2D eigenvalue weighted by atomic mass is 35.5. The summed E-state index contributed by atoms with van der Waals surface area (Å²) in [7, 11) is 0. The maximum Gasteiger partial charge on any atom is 0.266 e. The number of hydrogen-bond acceptors (Lipinski definition) is 1. The number of alkyl halides is 2. The van der Waals surface area contributed by atoms with Crippen molar-refractivity contribution in [3.05, 3.63) is 35.9 Å². The van der Waals surface area contributed by atoms with Crippen molar-refractivity contribution in [2.75, 3.05) is 13.1 Å². The van der Waals surface area contributed by atoms with Gasteiger partial charge in [0.1, 0.15) is 0 Å². The van der Waals surface area contributed by atoms with E-state index >= 15 is 0 Å². The second kappa shape index (κ2) is 4.91. The average molecular weight is 262 g/mol. The number of nitrogens with zero attached hydrogens (tertiary/aromatic N) is 1. The predicted molar refractivity (Wildman–Crippen MR) is 67.7 cm³/mol. The van der Waals surface area contributed by atoms with Crippen LogP contribution in [-0.2, 0) is 6.54 Å². The van der Waals surface area contributed by atoms with Gasteiger partial charge in [0.05, 0.1) is 6.54 Å². The van der Waals surface area contributed by atoms with E-state index in [0.717, 1.165) is 5.56 Å². The molecule has 4 heteroatoms. The molecule has 0 N–H and O–H groups in total. The van der Waals surface area contributed by atoms with E-state index in [4.69, 9.17) is 0 Å². The maximum atomic E-state index is 13.6. The summed E-state index contributed by atoms with van der Waals surface area (Å²) >= 11 is 0. The van der Waals surface area contributed by atoms with Gasteiger partial charge in [-0.2, -0.15) is 0 Å². The molecule has 1 aromatic carbocycles. The van der Waals surface area contributed by atoms with Gasteiger partial charge in [-0.1, -0.05) is 44.2 Å². The van der Waals surface area contributed by atoms with E-state index in [1.807, 2.05) is 35.2 Å². The van der Waals surface area contributed by atoms with Gasteiger partial charge in [0.25, 0.3) is 5.92 Å². The van der Waals surface area contributed by atoms with Crippen molar-refractivity contribution in [2.24, 2.45) is 5.41 Å². The molecule has 1 aliphatic heterocycles. The lowest BCUT2D eigenvalue weighted by Gasteiger charge is -2.24. The fraction of sp³-hybridized carbons (Fsp3) is 0.538. The SMILES string of the molecule is CC1(C)CN(Cc2ccccc2)CC1(F)F.Cl. The van der Waals surface area contributed by atoms with Crippen molar-refractivity contribution in [1.29, 1.82) is 0 Å². The second-order valence-corrected chi connectivity index (χ2v) is 5.22. The molecule has 17 heavy (non-hydrogen) atoms. The predicted octanol–water partition coefficient (Wildman–Crippen LogP) is 3.59. The van der Waals surface area contributed by atoms with Crippen LogP contribution in [-0.4, -0.2) is 23.9 Å². The molecule has 1 heterocycles. The van der Waals surface area contributed by atoms with E-state index in [-0.39, 0.29) is 19.0 Å². The summed E-state index contributed by atoms with van der Waals surface area (Å²) in [4.78, 5) is 1.83. The molecule has 0 radical (unpaired) electrons. The normalized spacial score (nSPS) is 22.1. The van der Waals surface area contributed by atoms with Crippen LogP contribution in [0, 0.1) is 5.41 Å². The summed E-state index contributed by atoms with van der Waals surface area (Å²) < 4.78 is 27.3. The van der Waals surface area contributed by atoms with Gasteiger partial charge < -0.3 is 0 Å². The third-order valence-electron chi connectivity index (χ3n) is 3.28. The molecule has 0 atom stereocenters. The Bertz CT molecular complexity index is 349. The topological polar surface area (TPSA) is 3.24 Å². The van der Waals surface area contributed by atoms with Crippen molar-refractivity contribution < 1.29 is 8.78 Å². The molecule has 1 aliphatic rings. The van der Waals surface area contributed by atoms with Crippen molar-refractivity contribution in [2.45, 2.75) is 26.3 Å². The van der Waals surface area contributed by atoms with E-state index in [1.54, 1.807) is 13.8 Å². The minimum atomic E-state index is -2.58. The van der Waals surface area contributed by atoms with Gasteiger partial charge in [0.2, 0.25) is 0 Å². The molecule has 0 unspecified atom stereocenters. The van der Waals surface area contributed by atoms with Crippen LogP contribution in [0.25, 0.3) is 0 Å². The van der Waals surface area contributed by atoms with Gasteiger partial charge in [-0.25, -0.2) is 8.78 Å². The van der Waals surface area contributed by atoms with Crippen molar-refractivity contribution >= 4 is 12.4 Å². The molecule has 2 rings (SSSR count). The standard InChI is InChI=1S/C13H17F2N.ClH/c1-12(2)9-16(10-13(12,14)15)8-11-6-4-3-5-7-11;/h3-7H,8-10H2,1-2H3;1H. The average Bonchev–Trinajstić information content (AvgIpc) is 2.36.